The Bertz CT molecular complexity index is 592. The summed E-state index contributed by atoms with van der Waals surface area (Å²) in [6.07, 6.45) is 1.96. The third kappa shape index (κ3) is 4.31. The van der Waals surface area contributed by atoms with Crippen molar-refractivity contribution in [3.8, 4) is 0 Å². The van der Waals surface area contributed by atoms with Crippen molar-refractivity contribution in [2.24, 2.45) is 0 Å². The monoisotopic (exact) mass is 289 g/mol. The van der Waals surface area contributed by atoms with Gasteiger partial charge in [-0.1, -0.05) is 13.0 Å². The lowest BCUT2D eigenvalue weighted by Crippen LogP contribution is -2.30. The number of hydrogen-bond acceptors (Lipinski definition) is 3. The highest BCUT2D eigenvalue weighted by Crippen LogP contribution is 2.17. The predicted octanol–water partition coefficient (Wildman–Crippen LogP) is 1.51. The molecule has 2 N–H and O–H groups in total. The molecule has 0 bridgehead atoms. The Labute approximate surface area is 125 Å². The molecule has 0 saturated carbocycles. The zero-order chi connectivity index (χ0) is 15.1. The van der Waals surface area contributed by atoms with Crippen LogP contribution >= 0.6 is 0 Å². The second-order valence-electron chi connectivity index (χ2n) is 4.96. The van der Waals surface area contributed by atoms with Crippen LogP contribution in [0.15, 0.2) is 30.5 Å². The van der Waals surface area contributed by atoms with Crippen molar-refractivity contribution in [3.05, 3.63) is 36.0 Å². The summed E-state index contributed by atoms with van der Waals surface area (Å²) in [4.78, 5) is 11.8. The largest absolute Gasteiger partial charge is 0.383 e. The van der Waals surface area contributed by atoms with E-state index in [1.54, 1.807) is 7.11 Å². The fourth-order valence-electron chi connectivity index (χ4n) is 2.27. The van der Waals surface area contributed by atoms with Gasteiger partial charge in [-0.25, -0.2) is 0 Å². The van der Waals surface area contributed by atoms with Crippen LogP contribution in [-0.4, -0.2) is 37.3 Å². The van der Waals surface area contributed by atoms with Crippen LogP contribution < -0.4 is 10.6 Å². The zero-order valence-electron chi connectivity index (χ0n) is 12.7. The molecule has 5 heteroatoms. The van der Waals surface area contributed by atoms with Crippen molar-refractivity contribution in [1.29, 1.82) is 0 Å². The van der Waals surface area contributed by atoms with Gasteiger partial charge in [0.25, 0.3) is 0 Å². The third-order valence-corrected chi connectivity index (χ3v) is 3.36. The quantitative estimate of drug-likeness (QED) is 0.724. The minimum Gasteiger partial charge on any atom is -0.383 e. The van der Waals surface area contributed by atoms with Crippen molar-refractivity contribution in [2.75, 3.05) is 26.8 Å². The average Bonchev–Trinajstić information content (AvgIpc) is 2.88. The Morgan fingerprint density at radius 2 is 2.19 bits per heavy atom. The minimum absolute atomic E-state index is 0.00118. The summed E-state index contributed by atoms with van der Waals surface area (Å²) >= 11 is 0. The molecule has 0 aliphatic heterocycles. The van der Waals surface area contributed by atoms with E-state index in [2.05, 4.69) is 35.8 Å². The normalized spacial score (nSPS) is 11.0. The van der Waals surface area contributed by atoms with Crippen LogP contribution in [-0.2, 0) is 22.6 Å². The molecular weight excluding hydrogens is 266 g/mol. The fourth-order valence-corrected chi connectivity index (χ4v) is 2.27. The van der Waals surface area contributed by atoms with Gasteiger partial charge in [-0.2, -0.15) is 0 Å². The zero-order valence-corrected chi connectivity index (χ0v) is 12.7. The highest BCUT2D eigenvalue weighted by Gasteiger charge is 2.06. The lowest BCUT2D eigenvalue weighted by molar-refractivity contribution is -0.121. The summed E-state index contributed by atoms with van der Waals surface area (Å²) in [5.74, 6) is 0.00118. The van der Waals surface area contributed by atoms with Crippen molar-refractivity contribution in [3.63, 3.8) is 0 Å². The molecule has 0 atom stereocenters. The summed E-state index contributed by atoms with van der Waals surface area (Å²) in [6.45, 7) is 5.33. The van der Waals surface area contributed by atoms with Crippen LogP contribution in [0.2, 0.25) is 0 Å². The Kier molecular flexibility index (Phi) is 5.78. The van der Waals surface area contributed by atoms with E-state index in [0.717, 1.165) is 24.0 Å². The van der Waals surface area contributed by atoms with Gasteiger partial charge >= 0.3 is 0 Å². The van der Waals surface area contributed by atoms with Gasteiger partial charge in [-0.15, -0.1) is 0 Å². The van der Waals surface area contributed by atoms with Crippen molar-refractivity contribution >= 4 is 16.8 Å². The maximum Gasteiger partial charge on any atom is 0.240 e. The van der Waals surface area contributed by atoms with E-state index >= 15 is 0 Å². The van der Waals surface area contributed by atoms with E-state index < -0.39 is 0 Å². The molecule has 2 aromatic rings. The van der Waals surface area contributed by atoms with E-state index in [1.807, 2.05) is 16.8 Å². The number of rotatable bonds is 8. The van der Waals surface area contributed by atoms with Gasteiger partial charge < -0.3 is 19.9 Å². The topological polar surface area (TPSA) is 55.3 Å². The van der Waals surface area contributed by atoms with Crippen molar-refractivity contribution < 1.29 is 9.53 Å². The molecule has 0 aliphatic carbocycles. The summed E-state index contributed by atoms with van der Waals surface area (Å²) in [5, 5.41) is 7.31. The lowest BCUT2D eigenvalue weighted by Gasteiger charge is -2.08. The van der Waals surface area contributed by atoms with Crippen molar-refractivity contribution in [2.45, 2.75) is 20.0 Å². The summed E-state index contributed by atoms with van der Waals surface area (Å²) in [7, 11) is 1.62. The molecule has 21 heavy (non-hydrogen) atoms. The van der Waals surface area contributed by atoms with Crippen LogP contribution in [0.4, 0.5) is 0 Å². The van der Waals surface area contributed by atoms with Gasteiger partial charge in [0, 0.05) is 31.9 Å². The Balaban J connectivity index is 2.02. The molecule has 0 saturated heterocycles. The van der Waals surface area contributed by atoms with E-state index in [1.165, 1.54) is 5.56 Å². The first-order valence-electron chi connectivity index (χ1n) is 7.28. The molecule has 0 spiro atoms. The number of nitrogens with one attached hydrogen (secondary N) is 2. The number of nitrogens with zero attached hydrogens (tertiary/aromatic N) is 1. The van der Waals surface area contributed by atoms with Gasteiger partial charge in [-0.05, 0) is 35.7 Å². The summed E-state index contributed by atoms with van der Waals surface area (Å²) < 4.78 is 6.88. The van der Waals surface area contributed by atoms with Gasteiger partial charge in [0.15, 0.2) is 0 Å². The van der Waals surface area contributed by atoms with Crippen LogP contribution in [0.5, 0.6) is 0 Å². The molecule has 1 aromatic heterocycles. The van der Waals surface area contributed by atoms with Gasteiger partial charge in [0.1, 0.15) is 6.54 Å². The maximum atomic E-state index is 11.8. The average molecular weight is 289 g/mol. The Morgan fingerprint density at radius 1 is 1.33 bits per heavy atom. The number of benzene rings is 1. The number of fused-ring (bicyclic) bond motifs is 1. The lowest BCUT2D eigenvalue weighted by atomic mass is 10.1. The van der Waals surface area contributed by atoms with Crippen molar-refractivity contribution in [1.82, 2.24) is 15.2 Å². The van der Waals surface area contributed by atoms with E-state index in [9.17, 15) is 4.79 Å². The molecular formula is C16H23N3O2. The third-order valence-electron chi connectivity index (χ3n) is 3.36. The highest BCUT2D eigenvalue weighted by molar-refractivity contribution is 5.83. The number of carbonyl (C=O) groups excluding carboxylic acids is 1. The number of carbonyl (C=O) groups is 1. The van der Waals surface area contributed by atoms with Gasteiger partial charge in [-0.3, -0.25) is 4.79 Å². The second kappa shape index (κ2) is 7.81. The first-order chi connectivity index (χ1) is 10.2. The molecule has 0 fully saturated rings. The standard InChI is InChI=1S/C16H23N3O2/c1-3-17-11-13-4-5-15-14(10-13)6-8-19(15)12-16(20)18-7-9-21-2/h4-6,8,10,17H,3,7,9,11-12H2,1-2H3,(H,18,20). The smallest absolute Gasteiger partial charge is 0.240 e. The van der Waals surface area contributed by atoms with Crippen LogP contribution in [0.3, 0.4) is 0 Å². The fraction of sp³-hybridized carbons (Fsp3) is 0.438. The van der Waals surface area contributed by atoms with E-state index in [0.29, 0.717) is 19.7 Å². The molecule has 0 unspecified atom stereocenters. The second-order valence-corrected chi connectivity index (χ2v) is 4.96. The van der Waals surface area contributed by atoms with Crippen LogP contribution in [0, 0.1) is 0 Å². The molecule has 2 rings (SSSR count). The van der Waals surface area contributed by atoms with E-state index in [-0.39, 0.29) is 5.91 Å². The number of aromatic nitrogens is 1. The Morgan fingerprint density at radius 3 is 2.95 bits per heavy atom. The highest BCUT2D eigenvalue weighted by atomic mass is 16.5. The number of amides is 1. The molecule has 0 aliphatic rings. The first-order valence-corrected chi connectivity index (χ1v) is 7.28. The first kappa shape index (κ1) is 15.5. The maximum absolute atomic E-state index is 11.8. The molecule has 1 heterocycles. The molecule has 5 nitrogen and oxygen atoms in total. The minimum atomic E-state index is 0.00118. The van der Waals surface area contributed by atoms with Crippen LogP contribution in [0.25, 0.3) is 10.9 Å². The molecule has 114 valence electrons. The van der Waals surface area contributed by atoms with Gasteiger partial charge in [0.2, 0.25) is 5.91 Å². The van der Waals surface area contributed by atoms with E-state index in [4.69, 9.17) is 4.74 Å². The predicted molar refractivity (Wildman–Crippen MR) is 84.2 cm³/mol. The molecule has 1 amide bonds. The number of hydrogen-bond donors (Lipinski definition) is 2. The number of ether oxygens (including phenoxy) is 1. The summed E-state index contributed by atoms with van der Waals surface area (Å²) in [5.41, 5.74) is 2.34. The number of methoxy groups -OCH3 is 1. The van der Waals surface area contributed by atoms with Crippen LogP contribution in [0.1, 0.15) is 12.5 Å². The SMILES string of the molecule is CCNCc1ccc2c(ccn2CC(=O)NCCOC)c1. The summed E-state index contributed by atoms with van der Waals surface area (Å²) in [6, 6.07) is 8.39. The Hall–Kier alpha value is -1.85. The molecule has 1 aromatic carbocycles. The molecule has 0 radical (unpaired) electrons. The van der Waals surface area contributed by atoms with Gasteiger partial charge in [0.05, 0.1) is 6.61 Å².